The van der Waals surface area contributed by atoms with Gasteiger partial charge in [-0.3, -0.25) is 9.59 Å². The molecule has 2 rings (SSSR count). The SMILES string of the molecule is CCCCCN(C(=O)C(C)NC(=O)OC(C)(C)C)C(C(=O)Nc1ccc(OC)cc1)c1cc(C)cc(C)c1. The second kappa shape index (κ2) is 13.8. The lowest BCUT2D eigenvalue weighted by atomic mass is 9.98. The molecule has 0 radical (unpaired) electrons. The average molecular weight is 526 g/mol. The van der Waals surface area contributed by atoms with E-state index in [4.69, 9.17) is 9.47 Å². The first-order valence-electron chi connectivity index (χ1n) is 13.2. The topological polar surface area (TPSA) is 97.0 Å². The zero-order chi connectivity index (χ0) is 28.5. The molecule has 2 unspecified atom stereocenters. The minimum Gasteiger partial charge on any atom is -0.497 e. The number of ether oxygens (including phenoxy) is 2. The normalized spacial score (nSPS) is 12.7. The molecule has 2 N–H and O–H groups in total. The van der Waals surface area contributed by atoms with Crippen molar-refractivity contribution in [2.24, 2.45) is 0 Å². The molecule has 8 heteroatoms. The number of benzene rings is 2. The molecule has 0 heterocycles. The standard InChI is InChI=1S/C30H43N3O5/c1-9-10-11-16-33(28(35)22(4)31-29(36)38-30(5,6)7)26(23-18-20(2)17-21(3)19-23)27(34)32-24-12-14-25(37-8)15-13-24/h12-15,17-19,22,26H,9-11,16H2,1-8H3,(H,31,36)(H,32,34). The number of nitrogens with one attached hydrogen (secondary N) is 2. The lowest BCUT2D eigenvalue weighted by molar-refractivity contribution is -0.140. The molecule has 0 bridgehead atoms. The third-order valence-corrected chi connectivity index (χ3v) is 5.87. The first-order valence-corrected chi connectivity index (χ1v) is 13.2. The summed E-state index contributed by atoms with van der Waals surface area (Å²) in [6.07, 6.45) is 1.90. The van der Waals surface area contributed by atoms with Gasteiger partial charge in [-0.05, 0) is 77.8 Å². The summed E-state index contributed by atoms with van der Waals surface area (Å²) in [6.45, 7) is 13.3. The summed E-state index contributed by atoms with van der Waals surface area (Å²) in [7, 11) is 1.58. The van der Waals surface area contributed by atoms with E-state index in [9.17, 15) is 14.4 Å². The molecule has 0 aliphatic rings. The molecular weight excluding hydrogens is 482 g/mol. The number of methoxy groups -OCH3 is 1. The number of nitrogens with zero attached hydrogens (tertiary/aromatic N) is 1. The predicted molar refractivity (Wildman–Crippen MR) is 150 cm³/mol. The maximum atomic E-state index is 13.9. The second-order valence-corrected chi connectivity index (χ2v) is 10.6. The van der Waals surface area contributed by atoms with Crippen LogP contribution in [0, 0.1) is 13.8 Å². The van der Waals surface area contributed by atoms with E-state index in [0.717, 1.165) is 30.4 Å². The monoisotopic (exact) mass is 525 g/mol. The van der Waals surface area contributed by atoms with Crippen molar-refractivity contribution in [3.8, 4) is 5.75 Å². The van der Waals surface area contributed by atoms with Crippen LogP contribution in [-0.4, -0.2) is 48.1 Å². The van der Waals surface area contributed by atoms with Crippen molar-refractivity contribution in [2.75, 3.05) is 19.0 Å². The van der Waals surface area contributed by atoms with E-state index >= 15 is 0 Å². The Bertz CT molecular complexity index is 1070. The van der Waals surface area contributed by atoms with Gasteiger partial charge >= 0.3 is 6.09 Å². The van der Waals surface area contributed by atoms with Gasteiger partial charge in [0.05, 0.1) is 7.11 Å². The van der Waals surface area contributed by atoms with Gasteiger partial charge in [-0.2, -0.15) is 0 Å². The summed E-state index contributed by atoms with van der Waals surface area (Å²) < 4.78 is 10.6. The van der Waals surface area contributed by atoms with Gasteiger partial charge in [-0.25, -0.2) is 4.79 Å². The molecule has 0 spiro atoms. The molecular formula is C30H43N3O5. The molecule has 0 aliphatic heterocycles. The third kappa shape index (κ3) is 9.39. The van der Waals surface area contributed by atoms with Crippen LogP contribution in [0.1, 0.15) is 76.6 Å². The number of alkyl carbamates (subject to hydrolysis) is 1. The fourth-order valence-corrected chi connectivity index (χ4v) is 4.22. The number of carbonyl (C=O) groups excluding carboxylic acids is 3. The number of aryl methyl sites for hydroxylation is 2. The molecule has 208 valence electrons. The molecule has 3 amide bonds. The van der Waals surface area contributed by atoms with Crippen LogP contribution in [0.25, 0.3) is 0 Å². The molecule has 0 aliphatic carbocycles. The maximum absolute atomic E-state index is 13.9. The van der Waals surface area contributed by atoms with Crippen molar-refractivity contribution in [3.63, 3.8) is 0 Å². The van der Waals surface area contributed by atoms with Crippen LogP contribution in [0.3, 0.4) is 0 Å². The lowest BCUT2D eigenvalue weighted by Gasteiger charge is -2.34. The zero-order valence-corrected chi connectivity index (χ0v) is 24.0. The molecule has 0 aromatic heterocycles. The molecule has 0 fully saturated rings. The van der Waals surface area contributed by atoms with Gasteiger partial charge in [0.2, 0.25) is 5.91 Å². The maximum Gasteiger partial charge on any atom is 0.408 e. The van der Waals surface area contributed by atoms with E-state index in [-0.39, 0.29) is 11.8 Å². The molecule has 8 nitrogen and oxygen atoms in total. The molecule has 0 saturated carbocycles. The summed E-state index contributed by atoms with van der Waals surface area (Å²) in [6, 6.07) is 11.1. The summed E-state index contributed by atoms with van der Waals surface area (Å²) in [5.74, 6) is -0.0252. The van der Waals surface area contributed by atoms with Crippen LogP contribution < -0.4 is 15.4 Å². The van der Waals surface area contributed by atoms with Crippen LogP contribution in [0.4, 0.5) is 10.5 Å². The molecule has 2 aromatic carbocycles. The highest BCUT2D eigenvalue weighted by Crippen LogP contribution is 2.27. The average Bonchev–Trinajstić information content (AvgIpc) is 2.81. The van der Waals surface area contributed by atoms with Crippen LogP contribution >= 0.6 is 0 Å². The van der Waals surface area contributed by atoms with Crippen molar-refractivity contribution in [3.05, 3.63) is 59.2 Å². The van der Waals surface area contributed by atoms with Crippen molar-refractivity contribution in [1.82, 2.24) is 10.2 Å². The minimum absolute atomic E-state index is 0.338. The Hall–Kier alpha value is -3.55. The highest BCUT2D eigenvalue weighted by atomic mass is 16.6. The first kappa shape index (κ1) is 30.7. The van der Waals surface area contributed by atoms with E-state index in [1.165, 1.54) is 0 Å². The Morgan fingerprint density at radius 3 is 2.11 bits per heavy atom. The summed E-state index contributed by atoms with van der Waals surface area (Å²) >= 11 is 0. The summed E-state index contributed by atoms with van der Waals surface area (Å²) in [5.41, 5.74) is 2.58. The van der Waals surface area contributed by atoms with Gasteiger partial charge in [0.1, 0.15) is 23.4 Å². The van der Waals surface area contributed by atoms with Crippen LogP contribution in [0.2, 0.25) is 0 Å². The fraction of sp³-hybridized carbons (Fsp3) is 0.500. The molecule has 2 aromatic rings. The summed E-state index contributed by atoms with van der Waals surface area (Å²) in [4.78, 5) is 41.7. The Morgan fingerprint density at radius 2 is 1.58 bits per heavy atom. The predicted octanol–water partition coefficient (Wildman–Crippen LogP) is 5.92. The van der Waals surface area contributed by atoms with E-state index < -0.39 is 23.8 Å². The smallest absolute Gasteiger partial charge is 0.408 e. The van der Waals surface area contributed by atoms with E-state index in [2.05, 4.69) is 17.6 Å². The molecule has 38 heavy (non-hydrogen) atoms. The van der Waals surface area contributed by atoms with Gasteiger partial charge in [0.25, 0.3) is 5.91 Å². The Kier molecular flexibility index (Phi) is 11.2. The van der Waals surface area contributed by atoms with Gasteiger partial charge in [0.15, 0.2) is 0 Å². The quantitative estimate of drug-likeness (QED) is 0.355. The van der Waals surface area contributed by atoms with Crippen molar-refractivity contribution in [1.29, 1.82) is 0 Å². The zero-order valence-electron chi connectivity index (χ0n) is 24.0. The first-order chi connectivity index (χ1) is 17.8. The van der Waals surface area contributed by atoms with Crippen molar-refractivity contribution in [2.45, 2.75) is 85.4 Å². The minimum atomic E-state index is -0.900. The lowest BCUT2D eigenvalue weighted by Crippen LogP contribution is -2.51. The number of amides is 3. The highest BCUT2D eigenvalue weighted by Gasteiger charge is 2.34. The number of rotatable bonds is 11. The van der Waals surface area contributed by atoms with E-state index in [0.29, 0.717) is 23.5 Å². The summed E-state index contributed by atoms with van der Waals surface area (Å²) in [5, 5.41) is 5.61. The van der Waals surface area contributed by atoms with Crippen LogP contribution in [0.15, 0.2) is 42.5 Å². The Balaban J connectivity index is 2.46. The number of unbranched alkanes of at least 4 members (excludes halogenated alkanes) is 2. The second-order valence-electron chi connectivity index (χ2n) is 10.6. The van der Waals surface area contributed by atoms with E-state index in [1.54, 1.807) is 64.0 Å². The Morgan fingerprint density at radius 1 is 0.974 bits per heavy atom. The van der Waals surface area contributed by atoms with Crippen LogP contribution in [0.5, 0.6) is 5.75 Å². The number of anilines is 1. The molecule has 0 saturated heterocycles. The third-order valence-electron chi connectivity index (χ3n) is 5.87. The highest BCUT2D eigenvalue weighted by molar-refractivity contribution is 5.99. The fourth-order valence-electron chi connectivity index (χ4n) is 4.22. The number of carbonyl (C=O) groups is 3. The van der Waals surface area contributed by atoms with E-state index in [1.807, 2.05) is 32.0 Å². The van der Waals surface area contributed by atoms with Gasteiger partial charge in [0, 0.05) is 12.2 Å². The van der Waals surface area contributed by atoms with Gasteiger partial charge in [-0.1, -0.05) is 49.1 Å². The van der Waals surface area contributed by atoms with Crippen molar-refractivity contribution >= 4 is 23.6 Å². The van der Waals surface area contributed by atoms with Crippen LogP contribution in [-0.2, 0) is 14.3 Å². The Labute approximate surface area is 227 Å². The molecule has 2 atom stereocenters. The van der Waals surface area contributed by atoms with Gasteiger partial charge in [-0.15, -0.1) is 0 Å². The number of hydrogen-bond acceptors (Lipinski definition) is 5. The van der Waals surface area contributed by atoms with Crippen molar-refractivity contribution < 1.29 is 23.9 Å². The van der Waals surface area contributed by atoms with Gasteiger partial charge < -0.3 is 25.0 Å². The number of hydrogen-bond donors (Lipinski definition) is 2. The largest absolute Gasteiger partial charge is 0.497 e.